The molecule has 0 spiro atoms. The smallest absolute Gasteiger partial charge is 0.279 e. The Morgan fingerprint density at radius 2 is 1.22 bits per heavy atom. The molecule has 0 unspecified atom stereocenters. The standard InChI is InChI=1S/C15H12N4O3.C9H6N2O3.C6H8N2O/c16-14-8-10(5-7-17-14)9-22-13-4-3-12(19(20)21)11-2-1-6-18-15(11)13;12-8-4-3-7(11(13)14)6-2-1-5-10-9(6)8;7-6-3-5(4-9)1-2-8-6/h1-8H,9H2,(H2,16,17);1-5,12H;1-3,9H,4H2,(H2,7,8). The van der Waals surface area contributed by atoms with Gasteiger partial charge in [-0.1, -0.05) is 0 Å². The molecule has 4 aromatic heterocycles. The van der Waals surface area contributed by atoms with Crippen LogP contribution in [-0.4, -0.2) is 40.0 Å². The third kappa shape index (κ3) is 8.08. The van der Waals surface area contributed by atoms with Crippen molar-refractivity contribution in [1.29, 1.82) is 0 Å². The summed E-state index contributed by atoms with van der Waals surface area (Å²) in [5.41, 5.74) is 13.2. The van der Waals surface area contributed by atoms with Crippen LogP contribution in [0.25, 0.3) is 21.8 Å². The van der Waals surface area contributed by atoms with Crippen LogP contribution < -0.4 is 16.2 Å². The topological polar surface area (TPSA) is 240 Å². The maximum absolute atomic E-state index is 11.1. The number of hydrogen-bond acceptors (Lipinski definition) is 13. The average Bonchev–Trinajstić information content (AvgIpc) is 3.04. The van der Waals surface area contributed by atoms with Gasteiger partial charge in [-0.05, 0) is 71.8 Å². The monoisotopic (exact) mass is 610 g/mol. The van der Waals surface area contributed by atoms with E-state index in [-0.39, 0.29) is 35.9 Å². The molecule has 15 nitrogen and oxygen atoms in total. The fourth-order valence-electron chi connectivity index (χ4n) is 4.05. The van der Waals surface area contributed by atoms with Gasteiger partial charge in [0, 0.05) is 36.9 Å². The van der Waals surface area contributed by atoms with E-state index in [1.165, 1.54) is 24.4 Å². The highest BCUT2D eigenvalue weighted by atomic mass is 16.6. The molecule has 0 atom stereocenters. The summed E-state index contributed by atoms with van der Waals surface area (Å²) in [6.45, 7) is 0.295. The molecule has 0 aliphatic rings. The molecule has 0 fully saturated rings. The van der Waals surface area contributed by atoms with E-state index in [2.05, 4.69) is 19.9 Å². The van der Waals surface area contributed by atoms with Gasteiger partial charge in [0.2, 0.25) is 0 Å². The number of hydrogen-bond donors (Lipinski definition) is 4. The molecular formula is C30H26N8O7. The summed E-state index contributed by atoms with van der Waals surface area (Å²) in [5, 5.41) is 40.4. The highest BCUT2D eigenvalue weighted by Crippen LogP contribution is 2.32. The number of nitro benzene ring substituents is 2. The van der Waals surface area contributed by atoms with Crippen LogP contribution in [0, 0.1) is 20.2 Å². The largest absolute Gasteiger partial charge is 0.506 e. The van der Waals surface area contributed by atoms with Crippen molar-refractivity contribution >= 4 is 44.8 Å². The lowest BCUT2D eigenvalue weighted by Gasteiger charge is -2.09. The Bertz CT molecular complexity index is 1970. The molecule has 0 saturated heterocycles. The van der Waals surface area contributed by atoms with Gasteiger partial charge in [-0.25, -0.2) is 9.97 Å². The predicted octanol–water partition coefficient (Wildman–Crippen LogP) is 4.70. The van der Waals surface area contributed by atoms with Crippen molar-refractivity contribution in [3.05, 3.63) is 129 Å². The molecule has 0 saturated carbocycles. The van der Waals surface area contributed by atoms with Crippen molar-refractivity contribution in [3.63, 3.8) is 0 Å². The van der Waals surface area contributed by atoms with Gasteiger partial charge in [0.25, 0.3) is 11.4 Å². The number of benzene rings is 2. The van der Waals surface area contributed by atoms with Crippen LogP contribution in [0.2, 0.25) is 0 Å². The maximum Gasteiger partial charge on any atom is 0.279 e. The zero-order chi connectivity index (χ0) is 32.3. The second-order valence-corrected chi connectivity index (χ2v) is 9.12. The number of ether oxygens (including phenoxy) is 1. The van der Waals surface area contributed by atoms with Crippen LogP contribution in [0.15, 0.2) is 97.6 Å². The summed E-state index contributed by atoms with van der Waals surface area (Å²) >= 11 is 0. The first kappa shape index (κ1) is 31.5. The van der Waals surface area contributed by atoms with Crippen LogP contribution in [-0.2, 0) is 13.2 Å². The lowest BCUT2D eigenvalue weighted by atomic mass is 10.1. The first-order chi connectivity index (χ1) is 21.7. The molecule has 6 aromatic rings. The van der Waals surface area contributed by atoms with Crippen LogP contribution in [0.3, 0.4) is 0 Å². The molecule has 4 heterocycles. The molecule has 0 amide bonds. The minimum absolute atomic E-state index is 0.00334. The van der Waals surface area contributed by atoms with Crippen molar-refractivity contribution in [2.24, 2.45) is 0 Å². The molecule has 0 radical (unpaired) electrons. The van der Waals surface area contributed by atoms with Crippen LogP contribution in [0.1, 0.15) is 11.1 Å². The molecular weight excluding hydrogens is 584 g/mol. The molecule has 15 heteroatoms. The second-order valence-electron chi connectivity index (χ2n) is 9.12. The number of aliphatic hydroxyl groups is 1. The summed E-state index contributed by atoms with van der Waals surface area (Å²) in [7, 11) is 0. The highest BCUT2D eigenvalue weighted by Gasteiger charge is 2.16. The number of aromatic hydroxyl groups is 1. The minimum atomic E-state index is -0.497. The zero-order valence-electron chi connectivity index (χ0n) is 23.4. The maximum atomic E-state index is 11.1. The number of phenolic OH excluding ortho intramolecular Hbond substituents is 1. The summed E-state index contributed by atoms with van der Waals surface area (Å²) in [4.78, 5) is 36.5. The molecule has 6 N–H and O–H groups in total. The lowest BCUT2D eigenvalue weighted by molar-refractivity contribution is -0.383. The lowest BCUT2D eigenvalue weighted by Crippen LogP contribution is -2.00. The average molecular weight is 611 g/mol. The summed E-state index contributed by atoms with van der Waals surface area (Å²) in [6, 6.07) is 18.8. The Hall–Kier alpha value is -6.48. The number of nitrogen functional groups attached to an aromatic ring is 2. The van der Waals surface area contributed by atoms with E-state index in [0.717, 1.165) is 11.1 Å². The Labute approximate surface area is 254 Å². The molecule has 2 aromatic carbocycles. The number of rotatable bonds is 6. The molecule has 0 aliphatic heterocycles. The molecule has 0 bridgehead atoms. The number of nitrogens with zero attached hydrogens (tertiary/aromatic N) is 6. The SMILES string of the molecule is Nc1cc(CO)ccn1.Nc1cc(COc2ccc([N+](=O)[O-])c3cccnc23)ccn1.O=[N+]([O-])c1ccc(O)c2ncccc12. The van der Waals surface area contributed by atoms with E-state index in [0.29, 0.717) is 33.7 Å². The fraction of sp³-hybridized carbons (Fsp3) is 0.0667. The number of phenols is 1. The van der Waals surface area contributed by atoms with Crippen molar-refractivity contribution in [1.82, 2.24) is 19.9 Å². The number of fused-ring (bicyclic) bond motifs is 2. The summed E-state index contributed by atoms with van der Waals surface area (Å²) in [5.74, 6) is 1.29. The van der Waals surface area contributed by atoms with Crippen molar-refractivity contribution < 1.29 is 24.8 Å². The number of aliphatic hydroxyl groups excluding tert-OH is 1. The number of aromatic nitrogens is 4. The molecule has 0 aliphatic carbocycles. The molecule has 228 valence electrons. The van der Waals surface area contributed by atoms with Crippen molar-refractivity contribution in [2.45, 2.75) is 13.2 Å². The van der Waals surface area contributed by atoms with E-state index in [9.17, 15) is 25.3 Å². The molecule has 6 rings (SSSR count). The van der Waals surface area contributed by atoms with Gasteiger partial charge in [0.05, 0.1) is 27.2 Å². The van der Waals surface area contributed by atoms with Gasteiger partial charge >= 0.3 is 0 Å². The van der Waals surface area contributed by atoms with Crippen LogP contribution in [0.5, 0.6) is 11.5 Å². The summed E-state index contributed by atoms with van der Waals surface area (Å²) in [6.07, 6.45) is 6.22. The Morgan fingerprint density at radius 3 is 1.78 bits per heavy atom. The van der Waals surface area contributed by atoms with Crippen LogP contribution in [0.4, 0.5) is 23.0 Å². The zero-order valence-corrected chi connectivity index (χ0v) is 23.4. The van der Waals surface area contributed by atoms with E-state index in [1.807, 2.05) is 0 Å². The minimum Gasteiger partial charge on any atom is -0.506 e. The normalized spacial score (nSPS) is 10.2. The number of non-ortho nitro benzene ring substituents is 2. The van der Waals surface area contributed by atoms with E-state index >= 15 is 0 Å². The van der Waals surface area contributed by atoms with E-state index < -0.39 is 9.85 Å². The van der Waals surface area contributed by atoms with Crippen molar-refractivity contribution in [3.8, 4) is 11.5 Å². The summed E-state index contributed by atoms with van der Waals surface area (Å²) < 4.78 is 5.73. The predicted molar refractivity (Wildman–Crippen MR) is 166 cm³/mol. The number of pyridine rings is 4. The molecule has 45 heavy (non-hydrogen) atoms. The van der Waals surface area contributed by atoms with Gasteiger partial charge in [-0.2, -0.15) is 0 Å². The first-order valence-corrected chi connectivity index (χ1v) is 13.1. The van der Waals surface area contributed by atoms with Gasteiger partial charge in [-0.15, -0.1) is 0 Å². The third-order valence-corrected chi connectivity index (χ3v) is 6.10. The first-order valence-electron chi connectivity index (χ1n) is 13.1. The van der Waals surface area contributed by atoms with Gasteiger partial charge < -0.3 is 26.4 Å². The number of anilines is 2. The van der Waals surface area contributed by atoms with Gasteiger partial charge in [0.15, 0.2) is 0 Å². The van der Waals surface area contributed by atoms with E-state index in [1.54, 1.807) is 73.2 Å². The Morgan fingerprint density at radius 1 is 0.689 bits per heavy atom. The number of nitrogens with two attached hydrogens (primary N) is 2. The second kappa shape index (κ2) is 14.6. The van der Waals surface area contributed by atoms with E-state index in [4.69, 9.17) is 21.3 Å². The Kier molecular flexibility index (Phi) is 10.2. The van der Waals surface area contributed by atoms with Gasteiger partial charge in [0.1, 0.15) is 40.8 Å². The van der Waals surface area contributed by atoms with Crippen LogP contribution >= 0.6 is 0 Å². The Balaban J connectivity index is 0.000000171. The third-order valence-electron chi connectivity index (χ3n) is 6.10. The highest BCUT2D eigenvalue weighted by molar-refractivity contribution is 5.92. The fourth-order valence-corrected chi connectivity index (χ4v) is 4.05. The quantitative estimate of drug-likeness (QED) is 0.148. The van der Waals surface area contributed by atoms with Crippen molar-refractivity contribution in [2.75, 3.05) is 11.5 Å². The van der Waals surface area contributed by atoms with Gasteiger partial charge in [-0.3, -0.25) is 30.2 Å². The number of nitro groups is 2.